The zero-order valence-electron chi connectivity index (χ0n) is 25.2. The number of benzene rings is 1. The third-order valence-corrected chi connectivity index (χ3v) is 9.12. The van der Waals surface area contributed by atoms with Crippen molar-refractivity contribution < 1.29 is 0 Å². The van der Waals surface area contributed by atoms with Crippen LogP contribution in [0.4, 0.5) is 5.69 Å². The Bertz CT molecular complexity index is 1340. The van der Waals surface area contributed by atoms with Crippen LogP contribution in [0.25, 0.3) is 10.9 Å². The summed E-state index contributed by atoms with van der Waals surface area (Å²) in [6, 6.07) is 13.4. The van der Waals surface area contributed by atoms with Gasteiger partial charge in [0.1, 0.15) is 5.82 Å². The minimum absolute atomic E-state index is 0.0696. The van der Waals surface area contributed by atoms with E-state index in [4.69, 9.17) is 9.97 Å². The number of hydrogen-bond donors (Lipinski definition) is 1. The number of anilines is 1. The van der Waals surface area contributed by atoms with E-state index in [1.165, 1.54) is 0 Å². The maximum Gasteiger partial charge on any atom is 0.261 e. The number of hydrogen-bond acceptors (Lipinski definition) is 7. The summed E-state index contributed by atoms with van der Waals surface area (Å²) in [4.78, 5) is 31.1. The summed E-state index contributed by atoms with van der Waals surface area (Å²) in [7, 11) is 4.33. The van der Waals surface area contributed by atoms with Gasteiger partial charge in [-0.2, -0.15) is 0 Å². The standard InChI is InChI=1S/C32H47N7O/c1-7-11-28(38-21-23(3)34-24(4)22-38)30-35-27-20-25(13-14-26(27)31(40)39(30)8-2)37-18-15-32(16-19-37,36(5)6)29-12-9-10-17-33-29/h9-10,12-14,17,20,23-24,28,34H,7-8,11,15-16,18-19,21-22H2,1-6H3/t23-,24+,28?. The minimum Gasteiger partial charge on any atom is -0.371 e. The fraction of sp³-hybridized carbons (Fsp3) is 0.594. The number of nitrogens with zero attached hydrogens (tertiary/aromatic N) is 6. The molecule has 4 heterocycles. The Kier molecular flexibility index (Phi) is 8.59. The van der Waals surface area contributed by atoms with Crippen LogP contribution in [0.15, 0.2) is 47.4 Å². The number of pyridine rings is 1. The topological polar surface area (TPSA) is 69.5 Å². The molecule has 0 radical (unpaired) electrons. The van der Waals surface area contributed by atoms with Gasteiger partial charge in [-0.1, -0.05) is 19.4 Å². The van der Waals surface area contributed by atoms with Gasteiger partial charge in [0.25, 0.3) is 5.56 Å². The lowest BCUT2D eigenvalue weighted by molar-refractivity contribution is 0.109. The first-order valence-corrected chi connectivity index (χ1v) is 15.2. The lowest BCUT2D eigenvalue weighted by Gasteiger charge is -2.46. The fourth-order valence-electron chi connectivity index (χ4n) is 7.06. The number of aromatic nitrogens is 3. The zero-order valence-corrected chi connectivity index (χ0v) is 25.2. The van der Waals surface area contributed by atoms with Gasteiger partial charge in [0.05, 0.1) is 28.2 Å². The van der Waals surface area contributed by atoms with Gasteiger partial charge in [-0.15, -0.1) is 0 Å². The van der Waals surface area contributed by atoms with Crippen LogP contribution >= 0.6 is 0 Å². The Labute approximate surface area is 239 Å². The van der Waals surface area contributed by atoms with E-state index in [1.807, 2.05) is 22.9 Å². The van der Waals surface area contributed by atoms with Crippen LogP contribution < -0.4 is 15.8 Å². The summed E-state index contributed by atoms with van der Waals surface area (Å²) >= 11 is 0. The van der Waals surface area contributed by atoms with Gasteiger partial charge in [-0.25, -0.2) is 4.98 Å². The number of piperidine rings is 1. The summed E-state index contributed by atoms with van der Waals surface area (Å²) in [6.07, 6.45) is 5.92. The molecule has 1 aromatic carbocycles. The van der Waals surface area contributed by atoms with E-state index < -0.39 is 0 Å². The monoisotopic (exact) mass is 545 g/mol. The van der Waals surface area contributed by atoms with Crippen LogP contribution in [0.2, 0.25) is 0 Å². The normalized spacial score (nSPS) is 22.6. The molecule has 40 heavy (non-hydrogen) atoms. The second kappa shape index (κ2) is 12.0. The van der Waals surface area contributed by atoms with Crippen molar-refractivity contribution in [1.82, 2.24) is 29.7 Å². The lowest BCUT2D eigenvalue weighted by Crippen LogP contribution is -2.55. The molecule has 5 rings (SSSR count). The maximum atomic E-state index is 13.8. The van der Waals surface area contributed by atoms with Crippen LogP contribution in [-0.2, 0) is 12.1 Å². The van der Waals surface area contributed by atoms with Crippen LogP contribution in [0, 0.1) is 0 Å². The van der Waals surface area contributed by atoms with Crippen molar-refractivity contribution in [2.75, 3.05) is 45.2 Å². The third-order valence-electron chi connectivity index (χ3n) is 9.12. The molecule has 216 valence electrons. The molecular weight excluding hydrogens is 498 g/mol. The van der Waals surface area contributed by atoms with Crippen molar-refractivity contribution in [3.8, 4) is 0 Å². The van der Waals surface area contributed by atoms with Crippen molar-refractivity contribution in [3.05, 3.63) is 64.5 Å². The van der Waals surface area contributed by atoms with Gasteiger partial charge in [-0.05, 0) is 84.5 Å². The highest BCUT2D eigenvalue weighted by Gasteiger charge is 2.39. The zero-order chi connectivity index (χ0) is 28.4. The van der Waals surface area contributed by atoms with Crippen LogP contribution in [0.5, 0.6) is 0 Å². The average molecular weight is 546 g/mol. The van der Waals surface area contributed by atoms with Gasteiger partial charge in [0.2, 0.25) is 0 Å². The smallest absolute Gasteiger partial charge is 0.261 e. The molecule has 2 aromatic heterocycles. The largest absolute Gasteiger partial charge is 0.371 e. The molecule has 0 spiro atoms. The van der Waals surface area contributed by atoms with E-state index in [-0.39, 0.29) is 17.1 Å². The lowest BCUT2D eigenvalue weighted by atomic mass is 9.82. The van der Waals surface area contributed by atoms with Gasteiger partial charge < -0.3 is 10.2 Å². The van der Waals surface area contributed by atoms with E-state index in [2.05, 4.69) is 86.1 Å². The minimum atomic E-state index is -0.0696. The molecule has 0 bridgehead atoms. The first-order chi connectivity index (χ1) is 19.3. The summed E-state index contributed by atoms with van der Waals surface area (Å²) in [5, 5.41) is 4.36. The van der Waals surface area contributed by atoms with E-state index >= 15 is 0 Å². The van der Waals surface area contributed by atoms with Gasteiger partial charge in [-0.3, -0.25) is 24.1 Å². The number of rotatable bonds is 8. The van der Waals surface area contributed by atoms with E-state index in [1.54, 1.807) is 0 Å². The molecule has 0 amide bonds. The highest BCUT2D eigenvalue weighted by molar-refractivity contribution is 5.81. The number of nitrogens with one attached hydrogen (secondary N) is 1. The van der Waals surface area contributed by atoms with Crippen LogP contribution in [0.3, 0.4) is 0 Å². The summed E-state index contributed by atoms with van der Waals surface area (Å²) in [5.74, 6) is 0.917. The predicted octanol–water partition coefficient (Wildman–Crippen LogP) is 4.39. The highest BCUT2D eigenvalue weighted by atomic mass is 16.1. The third kappa shape index (κ3) is 5.41. The van der Waals surface area contributed by atoms with E-state index in [0.29, 0.717) is 24.0 Å². The van der Waals surface area contributed by atoms with Crippen molar-refractivity contribution in [2.45, 2.75) is 83.6 Å². The molecule has 8 nitrogen and oxygen atoms in total. The molecule has 3 atom stereocenters. The Morgan fingerprint density at radius 3 is 2.40 bits per heavy atom. The Morgan fingerprint density at radius 2 is 1.80 bits per heavy atom. The molecule has 2 fully saturated rings. The highest BCUT2D eigenvalue weighted by Crippen LogP contribution is 2.38. The fourth-order valence-corrected chi connectivity index (χ4v) is 7.06. The molecule has 1 unspecified atom stereocenters. The molecule has 0 aliphatic carbocycles. The van der Waals surface area contributed by atoms with E-state index in [9.17, 15) is 4.79 Å². The van der Waals surface area contributed by atoms with Crippen molar-refractivity contribution in [3.63, 3.8) is 0 Å². The Hall–Kier alpha value is -2.81. The summed E-state index contributed by atoms with van der Waals surface area (Å²) < 4.78 is 1.92. The van der Waals surface area contributed by atoms with Crippen molar-refractivity contribution in [1.29, 1.82) is 0 Å². The number of piperazine rings is 1. The SMILES string of the molecule is CCCC(c1nc2cc(N3CCC(c4ccccn4)(N(C)C)CC3)ccc2c(=O)n1CC)N1C[C@@H](C)N[C@@H](C)C1. The molecular formula is C32H47N7O. The molecule has 2 aliphatic rings. The first kappa shape index (κ1) is 28.7. The van der Waals surface area contributed by atoms with Gasteiger partial charge in [0.15, 0.2) is 0 Å². The van der Waals surface area contributed by atoms with Gasteiger partial charge in [0, 0.05) is 56.7 Å². The Morgan fingerprint density at radius 1 is 1.07 bits per heavy atom. The predicted molar refractivity (Wildman–Crippen MR) is 164 cm³/mol. The second-order valence-electron chi connectivity index (χ2n) is 12.1. The number of fused-ring (bicyclic) bond motifs is 1. The molecule has 1 N–H and O–H groups in total. The molecule has 2 aliphatic heterocycles. The summed E-state index contributed by atoms with van der Waals surface area (Å²) in [5.41, 5.74) is 3.10. The summed E-state index contributed by atoms with van der Waals surface area (Å²) in [6.45, 7) is 13.2. The first-order valence-electron chi connectivity index (χ1n) is 15.2. The van der Waals surface area contributed by atoms with Crippen molar-refractivity contribution in [2.24, 2.45) is 0 Å². The van der Waals surface area contributed by atoms with Crippen LogP contribution in [0.1, 0.15) is 70.9 Å². The second-order valence-corrected chi connectivity index (χ2v) is 12.1. The average Bonchev–Trinajstić information content (AvgIpc) is 2.95. The maximum absolute atomic E-state index is 13.8. The molecule has 2 saturated heterocycles. The van der Waals surface area contributed by atoms with Crippen molar-refractivity contribution >= 4 is 16.6 Å². The van der Waals surface area contributed by atoms with Gasteiger partial charge >= 0.3 is 0 Å². The molecule has 0 saturated carbocycles. The molecule has 3 aromatic rings. The molecule has 8 heteroatoms. The quantitative estimate of drug-likeness (QED) is 0.450. The van der Waals surface area contributed by atoms with E-state index in [0.717, 1.165) is 74.6 Å². The van der Waals surface area contributed by atoms with Crippen LogP contribution in [-0.4, -0.2) is 76.7 Å². The Balaban J connectivity index is 1.48.